The van der Waals surface area contributed by atoms with Crippen LogP contribution in [0.15, 0.2) is 40.1 Å². The van der Waals surface area contributed by atoms with E-state index in [0.717, 1.165) is 21.6 Å². The minimum atomic E-state index is -4.55. The van der Waals surface area contributed by atoms with Crippen LogP contribution in [0.5, 0.6) is 0 Å². The van der Waals surface area contributed by atoms with Crippen LogP contribution in [0, 0.1) is 6.92 Å². The van der Waals surface area contributed by atoms with Crippen LogP contribution in [-0.2, 0) is 17.5 Å². The van der Waals surface area contributed by atoms with E-state index >= 15 is 0 Å². The van der Waals surface area contributed by atoms with E-state index in [0.29, 0.717) is 6.42 Å². The number of hydrogen-bond donors (Lipinski definition) is 2. The molecule has 3 rings (SSSR count). The number of aromatic nitrogens is 4. The lowest BCUT2D eigenvalue weighted by atomic mass is 10.1. The molecular formula is C22H25F3N6O4. The molecule has 0 fully saturated rings. The first-order valence-corrected chi connectivity index (χ1v) is 10.7. The first kappa shape index (κ1) is 25.7. The fraction of sp³-hybridized carbons (Fsp3) is 0.364. The molecule has 13 heteroatoms. The highest BCUT2D eigenvalue weighted by atomic mass is 19.4. The van der Waals surface area contributed by atoms with Crippen molar-refractivity contribution in [1.29, 1.82) is 0 Å². The molecule has 0 saturated heterocycles. The fourth-order valence-electron chi connectivity index (χ4n) is 3.62. The number of halogens is 3. The molecule has 1 aromatic carbocycles. The van der Waals surface area contributed by atoms with Gasteiger partial charge in [0.1, 0.15) is 5.82 Å². The van der Waals surface area contributed by atoms with Gasteiger partial charge in [-0.05, 0) is 31.5 Å². The van der Waals surface area contributed by atoms with E-state index in [4.69, 9.17) is 10.5 Å². The summed E-state index contributed by atoms with van der Waals surface area (Å²) in [5.74, 6) is -0.871. The maximum absolute atomic E-state index is 13.5. The van der Waals surface area contributed by atoms with E-state index in [9.17, 15) is 27.6 Å². The smallest absolute Gasteiger partial charge is 0.383 e. The van der Waals surface area contributed by atoms with Gasteiger partial charge in [0, 0.05) is 20.2 Å². The van der Waals surface area contributed by atoms with Gasteiger partial charge in [-0.1, -0.05) is 13.0 Å². The summed E-state index contributed by atoms with van der Waals surface area (Å²) in [7, 11) is 1.41. The van der Waals surface area contributed by atoms with Crippen LogP contribution in [0.3, 0.4) is 0 Å². The topological polar surface area (TPSA) is 128 Å². The van der Waals surface area contributed by atoms with E-state index < -0.39 is 28.9 Å². The van der Waals surface area contributed by atoms with Gasteiger partial charge < -0.3 is 10.5 Å². The maximum Gasteiger partial charge on any atom is 0.416 e. The number of methoxy groups -OCH3 is 1. The Kier molecular flexibility index (Phi) is 7.48. The second kappa shape index (κ2) is 10.2. The van der Waals surface area contributed by atoms with Crippen molar-refractivity contribution < 1.29 is 22.7 Å². The van der Waals surface area contributed by atoms with Gasteiger partial charge in [-0.25, -0.2) is 9.48 Å². The first-order chi connectivity index (χ1) is 16.5. The van der Waals surface area contributed by atoms with Crippen LogP contribution in [0.1, 0.15) is 35.0 Å². The largest absolute Gasteiger partial charge is 0.416 e. The van der Waals surface area contributed by atoms with E-state index in [2.05, 4.69) is 10.1 Å². The number of nitrogens with two attached hydrogens (primary N) is 1. The summed E-state index contributed by atoms with van der Waals surface area (Å²) in [4.78, 5) is 41.7. The molecule has 0 spiro atoms. The molecule has 2 aromatic heterocycles. The predicted octanol–water partition coefficient (Wildman–Crippen LogP) is 2.33. The lowest BCUT2D eigenvalue weighted by Crippen LogP contribution is -2.42. The Balaban J connectivity index is 2.10. The van der Waals surface area contributed by atoms with Gasteiger partial charge in [-0.3, -0.25) is 24.0 Å². The molecule has 2 heterocycles. The lowest BCUT2D eigenvalue weighted by molar-refractivity contribution is -0.137. The zero-order valence-electron chi connectivity index (χ0n) is 19.3. The molecule has 0 aliphatic rings. The number of ether oxygens (including phenoxy) is 1. The Hall–Kier alpha value is -3.87. The van der Waals surface area contributed by atoms with Crippen molar-refractivity contribution in [1.82, 2.24) is 19.3 Å². The third-order valence-corrected chi connectivity index (χ3v) is 5.35. The monoisotopic (exact) mass is 494 g/mol. The Morgan fingerprint density at radius 2 is 2.00 bits per heavy atom. The van der Waals surface area contributed by atoms with Gasteiger partial charge in [0.2, 0.25) is 0 Å². The number of rotatable bonds is 8. The normalized spacial score (nSPS) is 11.6. The lowest BCUT2D eigenvalue weighted by Gasteiger charge is -2.24. The van der Waals surface area contributed by atoms with E-state index in [1.807, 2.05) is 6.92 Å². The van der Waals surface area contributed by atoms with Crippen molar-refractivity contribution in [3.63, 3.8) is 0 Å². The number of carbonyl (C=O) groups excluding carboxylic acids is 1. The van der Waals surface area contributed by atoms with Gasteiger partial charge in [0.25, 0.3) is 11.5 Å². The van der Waals surface area contributed by atoms with Crippen LogP contribution >= 0.6 is 0 Å². The minimum Gasteiger partial charge on any atom is -0.383 e. The van der Waals surface area contributed by atoms with Crippen molar-refractivity contribution in [2.45, 2.75) is 33.0 Å². The highest BCUT2D eigenvalue weighted by Crippen LogP contribution is 2.31. The predicted molar refractivity (Wildman–Crippen MR) is 123 cm³/mol. The highest BCUT2D eigenvalue weighted by Gasteiger charge is 2.31. The molecule has 3 N–H and O–H groups in total. The number of amides is 1. The standard InChI is InChI=1S/C22H25F3N6O4/c1-4-8-30-18(26)17(19(32)28-21(30)34)29(9-10-35-3)20(33)16-12-27-31(13(16)2)15-7-5-6-14(11-15)22(23,24)25/h5-7,11-12H,4,8-10,26H2,1-3H3,(H,28,32,34). The quantitative estimate of drug-likeness (QED) is 0.495. The summed E-state index contributed by atoms with van der Waals surface area (Å²) in [6.07, 6.45) is -2.80. The van der Waals surface area contributed by atoms with Crippen LogP contribution in [0.25, 0.3) is 5.69 Å². The number of carbonyl (C=O) groups is 1. The molecule has 188 valence electrons. The summed E-state index contributed by atoms with van der Waals surface area (Å²) >= 11 is 0. The Labute approximate surface area is 197 Å². The number of alkyl halides is 3. The molecule has 0 radical (unpaired) electrons. The van der Waals surface area contributed by atoms with Crippen molar-refractivity contribution in [3.8, 4) is 5.69 Å². The number of nitrogens with zero attached hydrogens (tertiary/aromatic N) is 4. The first-order valence-electron chi connectivity index (χ1n) is 10.7. The Morgan fingerprint density at radius 3 is 2.63 bits per heavy atom. The summed E-state index contributed by atoms with van der Waals surface area (Å²) in [6.45, 7) is 3.50. The van der Waals surface area contributed by atoms with E-state index in [-0.39, 0.29) is 48.1 Å². The van der Waals surface area contributed by atoms with Crippen LogP contribution in [-0.4, -0.2) is 45.5 Å². The van der Waals surface area contributed by atoms with Crippen molar-refractivity contribution >= 4 is 17.4 Å². The zero-order valence-corrected chi connectivity index (χ0v) is 19.3. The molecule has 3 aromatic rings. The van der Waals surface area contributed by atoms with Gasteiger partial charge in [-0.2, -0.15) is 18.3 Å². The molecule has 35 heavy (non-hydrogen) atoms. The number of nitrogen functional groups attached to an aromatic ring is 1. The molecule has 0 aliphatic carbocycles. The molecule has 0 aliphatic heterocycles. The van der Waals surface area contributed by atoms with Gasteiger partial charge in [-0.15, -0.1) is 0 Å². The minimum absolute atomic E-state index is 0.0329. The molecule has 0 unspecified atom stereocenters. The number of hydrogen-bond acceptors (Lipinski definition) is 6. The maximum atomic E-state index is 13.5. The highest BCUT2D eigenvalue weighted by molar-refractivity contribution is 6.07. The van der Waals surface area contributed by atoms with Crippen molar-refractivity contribution in [3.05, 3.63) is 68.1 Å². The van der Waals surface area contributed by atoms with Gasteiger partial charge in [0.05, 0.1) is 35.3 Å². The van der Waals surface area contributed by atoms with E-state index in [1.54, 1.807) is 0 Å². The van der Waals surface area contributed by atoms with Crippen LogP contribution in [0.4, 0.5) is 24.7 Å². The molecule has 1 amide bonds. The molecule has 0 saturated carbocycles. The third-order valence-electron chi connectivity index (χ3n) is 5.35. The molecule has 10 nitrogen and oxygen atoms in total. The third kappa shape index (κ3) is 5.14. The average molecular weight is 494 g/mol. The van der Waals surface area contributed by atoms with E-state index in [1.165, 1.54) is 37.0 Å². The summed E-state index contributed by atoms with van der Waals surface area (Å²) in [5.41, 5.74) is 3.86. The number of nitrogens with one attached hydrogen (secondary N) is 1. The number of benzene rings is 1. The van der Waals surface area contributed by atoms with Gasteiger partial charge in [0.15, 0.2) is 5.69 Å². The van der Waals surface area contributed by atoms with Crippen LogP contribution in [0.2, 0.25) is 0 Å². The number of anilines is 2. The zero-order chi connectivity index (χ0) is 25.9. The fourth-order valence-corrected chi connectivity index (χ4v) is 3.62. The average Bonchev–Trinajstić information content (AvgIpc) is 3.19. The van der Waals surface area contributed by atoms with Crippen molar-refractivity contribution in [2.24, 2.45) is 0 Å². The number of H-pyrrole nitrogens is 1. The second-order valence-corrected chi connectivity index (χ2v) is 7.70. The molecule has 0 atom stereocenters. The molecular weight excluding hydrogens is 469 g/mol. The Morgan fingerprint density at radius 1 is 1.29 bits per heavy atom. The summed E-state index contributed by atoms with van der Waals surface area (Å²) in [6, 6.07) is 4.51. The number of aromatic amines is 1. The second-order valence-electron chi connectivity index (χ2n) is 7.70. The van der Waals surface area contributed by atoms with Crippen molar-refractivity contribution in [2.75, 3.05) is 30.9 Å². The summed E-state index contributed by atoms with van der Waals surface area (Å²) in [5, 5.41) is 4.09. The Bertz CT molecular complexity index is 1340. The van der Waals surface area contributed by atoms with Gasteiger partial charge >= 0.3 is 11.9 Å². The summed E-state index contributed by atoms with van der Waals surface area (Å²) < 4.78 is 46.9. The molecule has 0 bridgehead atoms. The van der Waals surface area contributed by atoms with Crippen LogP contribution < -0.4 is 21.9 Å². The SMILES string of the molecule is CCCn1c(N)c(N(CCOC)C(=O)c2cnn(-c3cccc(C(F)(F)F)c3)c2C)c(=O)[nH]c1=O.